The van der Waals surface area contributed by atoms with E-state index in [9.17, 15) is 9.59 Å². The molecule has 8 heteroatoms. The first-order valence-electron chi connectivity index (χ1n) is 9.04. The zero-order valence-corrected chi connectivity index (χ0v) is 16.1. The lowest BCUT2D eigenvalue weighted by atomic mass is 10.2. The largest absolute Gasteiger partial charge is 0.494 e. The highest BCUT2D eigenvalue weighted by Gasteiger charge is 2.09. The summed E-state index contributed by atoms with van der Waals surface area (Å²) in [5.74, 6) is 0.754. The van der Waals surface area contributed by atoms with Crippen molar-refractivity contribution in [1.29, 1.82) is 0 Å². The Morgan fingerprint density at radius 3 is 2.07 bits per heavy atom. The summed E-state index contributed by atoms with van der Waals surface area (Å²) in [4.78, 5) is 31.7. The lowest BCUT2D eigenvalue weighted by molar-refractivity contribution is -0.114. The molecule has 1 aromatic heterocycles. The highest BCUT2D eigenvalue weighted by Crippen LogP contribution is 2.18. The number of hydrogen-bond acceptors (Lipinski definition) is 6. The molecule has 29 heavy (non-hydrogen) atoms. The lowest BCUT2D eigenvalue weighted by Crippen LogP contribution is -2.14. The first kappa shape index (κ1) is 19.8. The topological polar surface area (TPSA) is 105 Å². The minimum atomic E-state index is -0.354. The summed E-state index contributed by atoms with van der Waals surface area (Å²) in [6.07, 6.45) is 2.88. The molecule has 0 aliphatic heterocycles. The van der Waals surface area contributed by atoms with Gasteiger partial charge in [-0.3, -0.25) is 9.59 Å². The molecule has 3 N–H and O–H groups in total. The number of hydrogen-bond donors (Lipinski definition) is 3. The van der Waals surface area contributed by atoms with Crippen LogP contribution in [0.4, 0.5) is 22.9 Å². The molecule has 0 spiro atoms. The van der Waals surface area contributed by atoms with Crippen LogP contribution < -0.4 is 20.7 Å². The number of carbonyl (C=O) groups excluding carboxylic acids is 2. The van der Waals surface area contributed by atoms with E-state index in [-0.39, 0.29) is 17.5 Å². The van der Waals surface area contributed by atoms with Crippen molar-refractivity contribution in [3.8, 4) is 5.75 Å². The average Bonchev–Trinajstić information content (AvgIpc) is 2.71. The van der Waals surface area contributed by atoms with Crippen LogP contribution in [-0.4, -0.2) is 28.4 Å². The van der Waals surface area contributed by atoms with Crippen molar-refractivity contribution in [2.45, 2.75) is 13.8 Å². The predicted molar refractivity (Wildman–Crippen MR) is 112 cm³/mol. The van der Waals surface area contributed by atoms with Gasteiger partial charge < -0.3 is 20.7 Å². The summed E-state index contributed by atoms with van der Waals surface area (Å²) in [5, 5.41) is 8.55. The summed E-state index contributed by atoms with van der Waals surface area (Å²) in [5.41, 5.74) is 2.32. The first-order valence-corrected chi connectivity index (χ1v) is 9.04. The molecule has 3 aromatic rings. The minimum Gasteiger partial charge on any atom is -0.494 e. The first-order chi connectivity index (χ1) is 14.0. The maximum absolute atomic E-state index is 12.3. The Balaban J connectivity index is 1.59. The molecule has 148 valence electrons. The highest BCUT2D eigenvalue weighted by atomic mass is 16.5. The average molecular weight is 391 g/mol. The molecule has 3 rings (SSSR count). The fourth-order valence-electron chi connectivity index (χ4n) is 2.49. The van der Waals surface area contributed by atoms with Crippen molar-refractivity contribution >= 4 is 34.7 Å². The second kappa shape index (κ2) is 9.32. The Hall–Kier alpha value is -3.94. The van der Waals surface area contributed by atoms with Crippen LogP contribution in [0.1, 0.15) is 24.3 Å². The summed E-state index contributed by atoms with van der Waals surface area (Å²) in [6, 6.07) is 14.3. The maximum atomic E-state index is 12.3. The normalized spacial score (nSPS) is 10.1. The monoisotopic (exact) mass is 391 g/mol. The van der Waals surface area contributed by atoms with Crippen LogP contribution in [0.5, 0.6) is 5.75 Å². The second-order valence-corrected chi connectivity index (χ2v) is 6.08. The number of anilines is 4. The van der Waals surface area contributed by atoms with Gasteiger partial charge in [0.1, 0.15) is 17.3 Å². The van der Waals surface area contributed by atoms with Crippen molar-refractivity contribution in [3.05, 3.63) is 66.6 Å². The number of nitrogens with one attached hydrogen (secondary N) is 3. The fourth-order valence-corrected chi connectivity index (χ4v) is 2.49. The van der Waals surface area contributed by atoms with E-state index in [0.717, 1.165) is 11.4 Å². The molecular formula is C21H21N5O3. The number of rotatable bonds is 7. The number of amides is 2. The standard InChI is InChI=1S/C21H21N5O3/c1-3-29-18-10-8-17(9-11-18)26-21(28)19-12-23-20(13-22-19)25-16-6-4-15(5-7-16)24-14(2)27/h4-13H,3H2,1-2H3,(H,23,25)(H,24,27)(H,26,28). The van der Waals surface area contributed by atoms with Gasteiger partial charge in [0.15, 0.2) is 0 Å². The van der Waals surface area contributed by atoms with Gasteiger partial charge in [-0.25, -0.2) is 9.97 Å². The Morgan fingerprint density at radius 2 is 1.48 bits per heavy atom. The van der Waals surface area contributed by atoms with Crippen molar-refractivity contribution in [1.82, 2.24) is 9.97 Å². The quantitative estimate of drug-likeness (QED) is 0.565. The SMILES string of the molecule is CCOc1ccc(NC(=O)c2cnc(Nc3ccc(NC(C)=O)cc3)cn2)cc1. The van der Waals surface area contributed by atoms with Gasteiger partial charge in [-0.15, -0.1) is 0 Å². The van der Waals surface area contributed by atoms with E-state index in [1.165, 1.54) is 19.3 Å². The van der Waals surface area contributed by atoms with E-state index in [1.807, 2.05) is 6.92 Å². The lowest BCUT2D eigenvalue weighted by Gasteiger charge is -2.08. The van der Waals surface area contributed by atoms with Gasteiger partial charge in [-0.2, -0.15) is 0 Å². The molecule has 0 unspecified atom stereocenters. The van der Waals surface area contributed by atoms with E-state index < -0.39 is 0 Å². The smallest absolute Gasteiger partial charge is 0.275 e. The number of nitrogens with zero attached hydrogens (tertiary/aromatic N) is 2. The van der Waals surface area contributed by atoms with E-state index in [1.54, 1.807) is 48.5 Å². The van der Waals surface area contributed by atoms with Crippen LogP contribution in [0.2, 0.25) is 0 Å². The van der Waals surface area contributed by atoms with Crippen LogP contribution in [0.25, 0.3) is 0 Å². The zero-order chi connectivity index (χ0) is 20.6. The third-order valence-corrected chi connectivity index (χ3v) is 3.79. The Bertz CT molecular complexity index is 971. The zero-order valence-electron chi connectivity index (χ0n) is 16.1. The predicted octanol–water partition coefficient (Wildman–Crippen LogP) is 3.83. The van der Waals surface area contributed by atoms with Crippen LogP contribution in [0.15, 0.2) is 60.9 Å². The fraction of sp³-hybridized carbons (Fsp3) is 0.143. The van der Waals surface area contributed by atoms with Crippen LogP contribution in [0, 0.1) is 0 Å². The number of ether oxygens (including phenoxy) is 1. The molecule has 0 atom stereocenters. The minimum absolute atomic E-state index is 0.129. The summed E-state index contributed by atoms with van der Waals surface area (Å²) < 4.78 is 5.38. The van der Waals surface area contributed by atoms with Gasteiger partial charge in [0.2, 0.25) is 5.91 Å². The molecule has 0 fully saturated rings. The molecule has 1 heterocycles. The molecule has 2 aromatic carbocycles. The molecule has 8 nitrogen and oxygen atoms in total. The summed E-state index contributed by atoms with van der Waals surface area (Å²) in [7, 11) is 0. The van der Waals surface area contributed by atoms with Crippen LogP contribution in [-0.2, 0) is 4.79 Å². The third-order valence-electron chi connectivity index (χ3n) is 3.79. The van der Waals surface area contributed by atoms with Gasteiger partial charge in [-0.05, 0) is 55.5 Å². The van der Waals surface area contributed by atoms with Crippen molar-refractivity contribution < 1.29 is 14.3 Å². The molecule has 0 radical (unpaired) electrons. The number of carbonyl (C=O) groups is 2. The molecule has 0 bridgehead atoms. The third kappa shape index (κ3) is 5.77. The van der Waals surface area contributed by atoms with Crippen molar-refractivity contribution in [2.75, 3.05) is 22.6 Å². The summed E-state index contributed by atoms with van der Waals surface area (Å²) >= 11 is 0. The van der Waals surface area contributed by atoms with E-state index >= 15 is 0 Å². The summed E-state index contributed by atoms with van der Waals surface area (Å²) in [6.45, 7) is 3.95. The molecule has 2 amide bonds. The molecule has 0 aliphatic carbocycles. The number of benzene rings is 2. The van der Waals surface area contributed by atoms with Gasteiger partial charge in [0.25, 0.3) is 5.91 Å². The highest BCUT2D eigenvalue weighted by molar-refractivity contribution is 6.02. The van der Waals surface area contributed by atoms with E-state index in [4.69, 9.17) is 4.74 Å². The molecule has 0 saturated heterocycles. The van der Waals surface area contributed by atoms with Gasteiger partial charge >= 0.3 is 0 Å². The van der Waals surface area contributed by atoms with Gasteiger partial charge in [-0.1, -0.05) is 0 Å². The van der Waals surface area contributed by atoms with Gasteiger partial charge in [0.05, 0.1) is 19.0 Å². The Morgan fingerprint density at radius 1 is 0.862 bits per heavy atom. The van der Waals surface area contributed by atoms with Crippen LogP contribution in [0.3, 0.4) is 0 Å². The van der Waals surface area contributed by atoms with Crippen LogP contribution >= 0.6 is 0 Å². The van der Waals surface area contributed by atoms with Gasteiger partial charge in [0, 0.05) is 24.0 Å². The molecule has 0 aliphatic rings. The van der Waals surface area contributed by atoms with E-state index in [0.29, 0.717) is 23.8 Å². The Kier molecular flexibility index (Phi) is 6.36. The maximum Gasteiger partial charge on any atom is 0.275 e. The second-order valence-electron chi connectivity index (χ2n) is 6.08. The Labute approximate surface area is 168 Å². The van der Waals surface area contributed by atoms with E-state index in [2.05, 4.69) is 25.9 Å². The molecule has 0 saturated carbocycles. The number of aromatic nitrogens is 2. The molecular weight excluding hydrogens is 370 g/mol. The van der Waals surface area contributed by atoms with Crippen molar-refractivity contribution in [3.63, 3.8) is 0 Å². The van der Waals surface area contributed by atoms with Crippen molar-refractivity contribution in [2.24, 2.45) is 0 Å².